The number of hydrogen-bond donors (Lipinski definition) is 1. The molecule has 1 heterocycles. The molecule has 1 aromatic rings. The van der Waals surface area contributed by atoms with Gasteiger partial charge in [0.2, 0.25) is 0 Å². The van der Waals surface area contributed by atoms with Crippen LogP contribution < -0.4 is 0 Å². The monoisotopic (exact) mass is 294 g/mol. The van der Waals surface area contributed by atoms with Crippen LogP contribution in [0.1, 0.15) is 57.7 Å². The molecule has 0 aromatic carbocycles. The molecule has 0 radical (unpaired) electrons. The second-order valence-electron chi connectivity index (χ2n) is 7.37. The highest BCUT2D eigenvalue weighted by Crippen LogP contribution is 2.65. The summed E-state index contributed by atoms with van der Waals surface area (Å²) in [6.07, 6.45) is 7.78. The first kappa shape index (κ1) is 13.1. The van der Waals surface area contributed by atoms with E-state index >= 15 is 0 Å². The van der Waals surface area contributed by atoms with E-state index in [0.717, 1.165) is 18.0 Å². The summed E-state index contributed by atoms with van der Waals surface area (Å²) in [5.74, 6) is 2.68. The van der Waals surface area contributed by atoms with Crippen LogP contribution in [0.15, 0.2) is 6.20 Å². The Bertz CT molecular complexity index is 541. The fourth-order valence-electron chi connectivity index (χ4n) is 5.52. The average molecular weight is 295 g/mol. The van der Waals surface area contributed by atoms with Crippen LogP contribution >= 0.6 is 11.6 Å². The Hall–Kier alpha value is -0.540. The normalized spacial score (nSPS) is 42.6. The Morgan fingerprint density at radius 2 is 2.15 bits per heavy atom. The Morgan fingerprint density at radius 3 is 2.90 bits per heavy atom. The third-order valence-electron chi connectivity index (χ3n) is 6.14. The molecule has 1 N–H and O–H groups in total. The maximum absolute atomic E-state index is 11.5. The summed E-state index contributed by atoms with van der Waals surface area (Å²) in [5, 5.41) is 16.5. The minimum atomic E-state index is -0.742. The zero-order valence-corrected chi connectivity index (χ0v) is 13.0. The quantitative estimate of drug-likeness (QED) is 0.902. The summed E-state index contributed by atoms with van der Waals surface area (Å²) in [6, 6.07) is 0.236. The van der Waals surface area contributed by atoms with Crippen molar-refractivity contribution in [2.45, 2.75) is 57.6 Å². The highest BCUT2D eigenvalue weighted by Gasteiger charge is 2.62. The molecule has 3 aliphatic carbocycles. The maximum Gasteiger partial charge on any atom is 0.111 e. The van der Waals surface area contributed by atoms with E-state index in [1.807, 2.05) is 4.68 Å². The lowest BCUT2D eigenvalue weighted by atomic mass is 9.71. The molecule has 0 spiro atoms. The van der Waals surface area contributed by atoms with Gasteiger partial charge in [-0.3, -0.25) is 4.68 Å². The molecule has 3 nitrogen and oxygen atoms in total. The van der Waals surface area contributed by atoms with Gasteiger partial charge in [-0.05, 0) is 63.2 Å². The van der Waals surface area contributed by atoms with Crippen molar-refractivity contribution in [1.82, 2.24) is 9.78 Å². The largest absolute Gasteiger partial charge is 0.383 e. The molecule has 3 saturated carbocycles. The van der Waals surface area contributed by atoms with Gasteiger partial charge >= 0.3 is 0 Å². The van der Waals surface area contributed by atoms with Crippen LogP contribution in [0.5, 0.6) is 0 Å². The number of halogens is 1. The average Bonchev–Trinajstić information content (AvgIpc) is 3.06. The Kier molecular flexibility index (Phi) is 2.78. The minimum absolute atomic E-state index is 0.236. The molecule has 3 aliphatic rings. The number of rotatable bonds is 2. The van der Waals surface area contributed by atoms with Gasteiger partial charge in [0.15, 0.2) is 0 Å². The van der Waals surface area contributed by atoms with Crippen LogP contribution in [0.25, 0.3) is 0 Å². The molecule has 0 amide bonds. The second kappa shape index (κ2) is 4.23. The molecule has 5 atom stereocenters. The molecule has 20 heavy (non-hydrogen) atoms. The topological polar surface area (TPSA) is 38.0 Å². The van der Waals surface area contributed by atoms with Gasteiger partial charge < -0.3 is 5.11 Å². The Labute approximate surface area is 125 Å². The number of nitrogens with zero attached hydrogens (tertiary/aromatic N) is 2. The molecule has 110 valence electrons. The third kappa shape index (κ3) is 1.54. The van der Waals surface area contributed by atoms with Crippen molar-refractivity contribution in [3.63, 3.8) is 0 Å². The number of aliphatic hydroxyl groups is 1. The summed E-state index contributed by atoms with van der Waals surface area (Å²) in [6.45, 7) is 4.20. The minimum Gasteiger partial charge on any atom is -0.383 e. The van der Waals surface area contributed by atoms with Crippen LogP contribution in [0.4, 0.5) is 0 Å². The van der Waals surface area contributed by atoms with Crippen molar-refractivity contribution in [3.8, 4) is 0 Å². The van der Waals surface area contributed by atoms with Crippen molar-refractivity contribution in [2.24, 2.45) is 23.7 Å². The standard InChI is InChI=1S/C16H23ClN2O/c1-9(2)19-15(14(17)8-18-19)16(20)7-10-6-13(16)12-5-3-4-11(10)12/h8-13,20H,3-7H2,1-2H3. The molecule has 2 bridgehead atoms. The molecule has 0 saturated heterocycles. The van der Waals surface area contributed by atoms with Crippen LogP contribution in [0.3, 0.4) is 0 Å². The van der Waals surface area contributed by atoms with Gasteiger partial charge in [-0.2, -0.15) is 5.10 Å². The van der Waals surface area contributed by atoms with Crippen molar-refractivity contribution in [1.29, 1.82) is 0 Å². The molecular formula is C16H23ClN2O. The first-order valence-corrected chi connectivity index (χ1v) is 8.36. The van der Waals surface area contributed by atoms with E-state index in [4.69, 9.17) is 11.6 Å². The van der Waals surface area contributed by atoms with Gasteiger partial charge in [0.1, 0.15) is 5.60 Å². The number of fused-ring (bicyclic) bond motifs is 5. The van der Waals surface area contributed by atoms with Crippen molar-refractivity contribution >= 4 is 11.6 Å². The fraction of sp³-hybridized carbons (Fsp3) is 0.812. The van der Waals surface area contributed by atoms with Crippen molar-refractivity contribution in [3.05, 3.63) is 16.9 Å². The molecular weight excluding hydrogens is 272 g/mol. The van der Waals surface area contributed by atoms with E-state index in [-0.39, 0.29) is 6.04 Å². The van der Waals surface area contributed by atoms with E-state index < -0.39 is 5.60 Å². The number of aromatic nitrogens is 2. The van der Waals surface area contributed by atoms with Crippen LogP contribution in [0.2, 0.25) is 5.02 Å². The van der Waals surface area contributed by atoms with Gasteiger partial charge in [0, 0.05) is 6.04 Å². The predicted molar refractivity (Wildman–Crippen MR) is 78.6 cm³/mol. The highest BCUT2D eigenvalue weighted by atomic mass is 35.5. The van der Waals surface area contributed by atoms with Crippen molar-refractivity contribution in [2.75, 3.05) is 0 Å². The van der Waals surface area contributed by atoms with Crippen molar-refractivity contribution < 1.29 is 5.11 Å². The molecule has 5 unspecified atom stereocenters. The molecule has 4 rings (SSSR count). The van der Waals surface area contributed by atoms with E-state index in [2.05, 4.69) is 18.9 Å². The SMILES string of the molecule is CC(C)n1ncc(Cl)c1C1(O)CC2CC1C1CCCC21. The summed E-state index contributed by atoms with van der Waals surface area (Å²) in [4.78, 5) is 0. The summed E-state index contributed by atoms with van der Waals surface area (Å²) < 4.78 is 1.94. The molecule has 0 aliphatic heterocycles. The zero-order chi connectivity index (χ0) is 14.1. The lowest BCUT2D eigenvalue weighted by Gasteiger charge is -2.39. The highest BCUT2D eigenvalue weighted by molar-refractivity contribution is 6.31. The predicted octanol–water partition coefficient (Wildman–Crippen LogP) is 3.76. The third-order valence-corrected chi connectivity index (χ3v) is 6.42. The van der Waals surface area contributed by atoms with Crippen LogP contribution in [-0.4, -0.2) is 14.9 Å². The lowest BCUT2D eigenvalue weighted by molar-refractivity contribution is -0.0584. The van der Waals surface area contributed by atoms with Gasteiger partial charge in [0.05, 0.1) is 16.9 Å². The van der Waals surface area contributed by atoms with Crippen LogP contribution in [0, 0.1) is 23.7 Å². The maximum atomic E-state index is 11.5. The zero-order valence-electron chi connectivity index (χ0n) is 12.2. The fourth-order valence-corrected chi connectivity index (χ4v) is 5.82. The van der Waals surface area contributed by atoms with Crippen LogP contribution in [-0.2, 0) is 5.60 Å². The smallest absolute Gasteiger partial charge is 0.111 e. The van der Waals surface area contributed by atoms with Gasteiger partial charge in [0.25, 0.3) is 0 Å². The molecule has 3 fully saturated rings. The lowest BCUT2D eigenvalue weighted by Crippen LogP contribution is -2.41. The Balaban J connectivity index is 1.78. The van der Waals surface area contributed by atoms with Gasteiger partial charge in [-0.15, -0.1) is 0 Å². The summed E-state index contributed by atoms with van der Waals surface area (Å²) in [5.41, 5.74) is 0.139. The van der Waals surface area contributed by atoms with Gasteiger partial charge in [-0.25, -0.2) is 0 Å². The first-order valence-electron chi connectivity index (χ1n) is 7.98. The number of hydrogen-bond acceptors (Lipinski definition) is 2. The molecule has 1 aromatic heterocycles. The van der Waals surface area contributed by atoms with E-state index in [1.165, 1.54) is 25.7 Å². The van der Waals surface area contributed by atoms with E-state index in [0.29, 0.717) is 22.8 Å². The van der Waals surface area contributed by atoms with E-state index in [1.54, 1.807) is 6.20 Å². The first-order chi connectivity index (χ1) is 9.52. The molecule has 4 heteroatoms. The Morgan fingerprint density at radius 1 is 1.40 bits per heavy atom. The second-order valence-corrected chi connectivity index (χ2v) is 7.78. The summed E-state index contributed by atoms with van der Waals surface area (Å²) >= 11 is 6.40. The van der Waals surface area contributed by atoms with Gasteiger partial charge in [-0.1, -0.05) is 18.0 Å². The van der Waals surface area contributed by atoms with E-state index in [9.17, 15) is 5.11 Å². The summed E-state index contributed by atoms with van der Waals surface area (Å²) in [7, 11) is 0.